The van der Waals surface area contributed by atoms with Gasteiger partial charge in [-0.15, -0.1) is 22.6 Å². The number of hydrogen-bond donors (Lipinski definition) is 1. The average Bonchev–Trinajstić information content (AvgIpc) is 3.07. The van der Waals surface area contributed by atoms with Gasteiger partial charge < -0.3 is 19.9 Å². The van der Waals surface area contributed by atoms with Crippen LogP contribution in [0.4, 0.5) is 0 Å². The lowest BCUT2D eigenvalue weighted by Gasteiger charge is -2.37. The van der Waals surface area contributed by atoms with Gasteiger partial charge in [-0.2, -0.15) is 0 Å². The van der Waals surface area contributed by atoms with Crippen LogP contribution in [0.3, 0.4) is 0 Å². The zero-order valence-corrected chi connectivity index (χ0v) is 16.3. The zero-order valence-electron chi connectivity index (χ0n) is 15.5. The van der Waals surface area contributed by atoms with Crippen LogP contribution in [-0.2, 0) is 16.1 Å². The SMILES string of the molecule is C[C@H]1CN(C(=O)C2CCC(N)CC2)Cc2nnc(C3CCOCC3)n21.Cl. The molecule has 26 heavy (non-hydrogen) atoms. The second-order valence-corrected chi connectivity index (χ2v) is 7.91. The monoisotopic (exact) mass is 383 g/mol. The van der Waals surface area contributed by atoms with E-state index < -0.39 is 0 Å². The summed E-state index contributed by atoms with van der Waals surface area (Å²) in [5.41, 5.74) is 5.98. The normalized spacial score (nSPS) is 29.8. The lowest BCUT2D eigenvalue weighted by molar-refractivity contribution is -0.138. The number of ether oxygens (including phenoxy) is 1. The van der Waals surface area contributed by atoms with E-state index in [2.05, 4.69) is 21.7 Å². The van der Waals surface area contributed by atoms with Gasteiger partial charge in [0.1, 0.15) is 5.82 Å². The Morgan fingerprint density at radius 1 is 1.12 bits per heavy atom. The third-order valence-corrected chi connectivity index (χ3v) is 6.07. The Bertz CT molecular complexity index is 623. The molecule has 1 aliphatic carbocycles. The van der Waals surface area contributed by atoms with Crippen molar-refractivity contribution in [1.29, 1.82) is 0 Å². The van der Waals surface area contributed by atoms with E-state index >= 15 is 0 Å². The number of halogens is 1. The van der Waals surface area contributed by atoms with Crippen molar-refractivity contribution in [3.63, 3.8) is 0 Å². The molecule has 2 aliphatic heterocycles. The van der Waals surface area contributed by atoms with E-state index in [1.54, 1.807) is 0 Å². The smallest absolute Gasteiger partial charge is 0.226 e. The van der Waals surface area contributed by atoms with Gasteiger partial charge in [0.05, 0.1) is 12.6 Å². The zero-order chi connectivity index (χ0) is 17.4. The maximum atomic E-state index is 12.9. The maximum absolute atomic E-state index is 12.9. The van der Waals surface area contributed by atoms with E-state index in [1.165, 1.54) is 0 Å². The second-order valence-electron chi connectivity index (χ2n) is 7.91. The van der Waals surface area contributed by atoms with E-state index in [-0.39, 0.29) is 36.3 Å². The van der Waals surface area contributed by atoms with Crippen LogP contribution in [0.15, 0.2) is 0 Å². The molecule has 0 radical (unpaired) electrons. The van der Waals surface area contributed by atoms with Crippen LogP contribution < -0.4 is 5.73 Å². The van der Waals surface area contributed by atoms with Crippen LogP contribution in [0, 0.1) is 5.92 Å². The molecule has 3 aliphatic rings. The van der Waals surface area contributed by atoms with Crippen LogP contribution in [0.25, 0.3) is 0 Å². The fourth-order valence-electron chi connectivity index (χ4n) is 4.59. The first-order valence-corrected chi connectivity index (χ1v) is 9.69. The summed E-state index contributed by atoms with van der Waals surface area (Å²) in [6.45, 7) is 5.11. The predicted octanol–water partition coefficient (Wildman–Crippen LogP) is 2.01. The Balaban J connectivity index is 0.00000196. The first kappa shape index (κ1) is 19.6. The Hall–Kier alpha value is -1.18. The summed E-state index contributed by atoms with van der Waals surface area (Å²) >= 11 is 0. The lowest BCUT2D eigenvalue weighted by Crippen LogP contribution is -2.45. The van der Waals surface area contributed by atoms with Crippen LogP contribution >= 0.6 is 12.4 Å². The summed E-state index contributed by atoms with van der Waals surface area (Å²) in [6, 6.07) is 0.501. The minimum Gasteiger partial charge on any atom is -0.381 e. The Morgan fingerprint density at radius 3 is 2.50 bits per heavy atom. The topological polar surface area (TPSA) is 86.3 Å². The molecular formula is C18H30ClN5O2. The minimum absolute atomic E-state index is 0. The summed E-state index contributed by atoms with van der Waals surface area (Å²) in [4.78, 5) is 14.9. The highest BCUT2D eigenvalue weighted by molar-refractivity contribution is 5.85. The Kier molecular flexibility index (Phi) is 6.20. The molecule has 0 aromatic carbocycles. The number of nitrogens with zero attached hydrogens (tertiary/aromatic N) is 4. The van der Waals surface area contributed by atoms with Gasteiger partial charge in [-0.25, -0.2) is 0 Å². The summed E-state index contributed by atoms with van der Waals surface area (Å²) in [7, 11) is 0. The molecule has 3 heterocycles. The fraction of sp³-hybridized carbons (Fsp3) is 0.833. The number of aromatic nitrogens is 3. The van der Waals surface area contributed by atoms with Crippen molar-refractivity contribution in [2.75, 3.05) is 19.8 Å². The number of rotatable bonds is 2. The first-order valence-electron chi connectivity index (χ1n) is 9.69. The van der Waals surface area contributed by atoms with E-state index in [1.807, 2.05) is 4.90 Å². The Labute approximate surface area is 161 Å². The van der Waals surface area contributed by atoms with Gasteiger partial charge in [-0.3, -0.25) is 4.79 Å². The van der Waals surface area contributed by atoms with Crippen molar-refractivity contribution in [2.24, 2.45) is 11.7 Å². The molecule has 1 atom stereocenters. The van der Waals surface area contributed by atoms with Crippen LogP contribution in [0.2, 0.25) is 0 Å². The molecule has 0 spiro atoms. The van der Waals surface area contributed by atoms with E-state index in [0.717, 1.165) is 69.9 Å². The van der Waals surface area contributed by atoms with Crippen molar-refractivity contribution in [1.82, 2.24) is 19.7 Å². The number of amides is 1. The molecule has 2 N–H and O–H groups in total. The van der Waals surface area contributed by atoms with Crippen molar-refractivity contribution in [2.45, 2.75) is 70.0 Å². The van der Waals surface area contributed by atoms with Crippen molar-refractivity contribution in [3.05, 3.63) is 11.6 Å². The van der Waals surface area contributed by atoms with Crippen LogP contribution in [0.1, 0.15) is 69.1 Å². The number of nitrogens with two attached hydrogens (primary N) is 1. The van der Waals surface area contributed by atoms with Gasteiger partial charge in [-0.1, -0.05) is 0 Å². The summed E-state index contributed by atoms with van der Waals surface area (Å²) in [5, 5.41) is 8.92. The van der Waals surface area contributed by atoms with Crippen molar-refractivity contribution < 1.29 is 9.53 Å². The van der Waals surface area contributed by atoms with Crippen molar-refractivity contribution in [3.8, 4) is 0 Å². The maximum Gasteiger partial charge on any atom is 0.226 e. The van der Waals surface area contributed by atoms with E-state index in [4.69, 9.17) is 10.5 Å². The molecule has 1 saturated carbocycles. The van der Waals surface area contributed by atoms with Gasteiger partial charge >= 0.3 is 0 Å². The molecule has 1 saturated heterocycles. The molecule has 1 amide bonds. The van der Waals surface area contributed by atoms with Gasteiger partial charge in [0.25, 0.3) is 0 Å². The fourth-order valence-corrected chi connectivity index (χ4v) is 4.59. The molecule has 7 nitrogen and oxygen atoms in total. The van der Waals surface area contributed by atoms with Crippen LogP contribution in [0.5, 0.6) is 0 Å². The standard InChI is InChI=1S/C18H29N5O2.ClH/c1-12-10-22(18(24)14-2-4-15(19)5-3-14)11-16-20-21-17(23(12)16)13-6-8-25-9-7-13;/h12-15H,2-11,19H2,1H3;1H/t12-,14?,15?;/m0./s1. The molecule has 1 aromatic heterocycles. The number of carbonyl (C=O) groups is 1. The number of hydrogen-bond acceptors (Lipinski definition) is 5. The van der Waals surface area contributed by atoms with Gasteiger partial charge in [0, 0.05) is 37.6 Å². The third-order valence-electron chi connectivity index (χ3n) is 6.07. The van der Waals surface area contributed by atoms with E-state index in [0.29, 0.717) is 12.5 Å². The summed E-state index contributed by atoms with van der Waals surface area (Å²) in [5.74, 6) is 2.86. The predicted molar refractivity (Wildman–Crippen MR) is 100 cm³/mol. The highest BCUT2D eigenvalue weighted by atomic mass is 35.5. The summed E-state index contributed by atoms with van der Waals surface area (Å²) in [6.07, 6.45) is 5.79. The van der Waals surface area contributed by atoms with Gasteiger partial charge in [-0.05, 0) is 45.4 Å². The number of carbonyl (C=O) groups excluding carboxylic acids is 1. The largest absolute Gasteiger partial charge is 0.381 e. The van der Waals surface area contributed by atoms with Gasteiger partial charge in [0.15, 0.2) is 5.82 Å². The molecule has 2 fully saturated rings. The molecule has 1 aromatic rings. The van der Waals surface area contributed by atoms with Crippen LogP contribution in [-0.4, -0.2) is 51.4 Å². The highest BCUT2D eigenvalue weighted by Gasteiger charge is 2.35. The summed E-state index contributed by atoms with van der Waals surface area (Å²) < 4.78 is 7.75. The van der Waals surface area contributed by atoms with Gasteiger partial charge in [0.2, 0.25) is 5.91 Å². The molecule has 4 rings (SSSR count). The Morgan fingerprint density at radius 2 is 1.81 bits per heavy atom. The molecular weight excluding hydrogens is 354 g/mol. The molecule has 8 heteroatoms. The lowest BCUT2D eigenvalue weighted by atomic mass is 9.85. The number of fused-ring (bicyclic) bond motifs is 1. The van der Waals surface area contributed by atoms with E-state index in [9.17, 15) is 4.79 Å². The van der Waals surface area contributed by atoms with Crippen molar-refractivity contribution >= 4 is 18.3 Å². The molecule has 0 bridgehead atoms. The quantitative estimate of drug-likeness (QED) is 0.844. The third kappa shape index (κ3) is 3.75. The average molecular weight is 384 g/mol. The molecule has 0 unspecified atom stereocenters. The first-order chi connectivity index (χ1) is 12.1. The minimum atomic E-state index is 0. The highest BCUT2D eigenvalue weighted by Crippen LogP contribution is 2.32. The second kappa shape index (κ2) is 8.23. The molecule has 146 valence electrons.